The van der Waals surface area contributed by atoms with E-state index in [1.807, 2.05) is 0 Å². The van der Waals surface area contributed by atoms with E-state index in [9.17, 15) is 9.59 Å². The van der Waals surface area contributed by atoms with Gasteiger partial charge in [0.25, 0.3) is 11.8 Å². The first-order valence-corrected chi connectivity index (χ1v) is 6.52. The van der Waals surface area contributed by atoms with Gasteiger partial charge in [0.15, 0.2) is 0 Å². The Bertz CT molecular complexity index is 683. The van der Waals surface area contributed by atoms with Gasteiger partial charge < -0.3 is 0 Å². The van der Waals surface area contributed by atoms with E-state index in [0.717, 1.165) is 0 Å². The molecule has 0 aliphatic rings. The van der Waals surface area contributed by atoms with E-state index in [0.29, 0.717) is 16.5 Å². The van der Waals surface area contributed by atoms with Crippen LogP contribution in [-0.2, 0) is 0 Å². The van der Waals surface area contributed by atoms with E-state index in [-0.39, 0.29) is 11.3 Å². The van der Waals surface area contributed by atoms with Gasteiger partial charge in [0.1, 0.15) is 11.5 Å². The van der Waals surface area contributed by atoms with Gasteiger partial charge in [-0.15, -0.1) is 0 Å². The molecule has 0 aliphatic heterocycles. The van der Waals surface area contributed by atoms with Gasteiger partial charge in [-0.3, -0.25) is 20.4 Å². The van der Waals surface area contributed by atoms with Crippen LogP contribution in [0, 0.1) is 13.8 Å². The van der Waals surface area contributed by atoms with Crippen LogP contribution in [0.15, 0.2) is 30.3 Å². The molecule has 0 atom stereocenters. The fourth-order valence-corrected chi connectivity index (χ4v) is 1.95. The highest BCUT2D eigenvalue weighted by molar-refractivity contribution is 6.33. The van der Waals surface area contributed by atoms with Crippen LogP contribution in [0.4, 0.5) is 0 Å². The first kappa shape index (κ1) is 14.9. The predicted molar refractivity (Wildman–Crippen MR) is 77.9 cm³/mol. The van der Waals surface area contributed by atoms with Crippen molar-refractivity contribution in [2.45, 2.75) is 13.8 Å². The van der Waals surface area contributed by atoms with Gasteiger partial charge >= 0.3 is 0 Å². The van der Waals surface area contributed by atoms with Crippen molar-refractivity contribution in [3.05, 3.63) is 58.1 Å². The summed E-state index contributed by atoms with van der Waals surface area (Å²) in [6.45, 7) is 3.44. The van der Waals surface area contributed by atoms with Crippen molar-refractivity contribution in [2.24, 2.45) is 0 Å². The van der Waals surface area contributed by atoms with Gasteiger partial charge in [-0.25, -0.2) is 9.97 Å². The zero-order valence-corrected chi connectivity index (χ0v) is 12.2. The molecule has 1 aromatic carbocycles. The SMILES string of the molecule is Cc1cc(C(=O)NNC(=O)c2ccccc2Cl)nc(C)n1. The van der Waals surface area contributed by atoms with Gasteiger partial charge in [0, 0.05) is 5.69 Å². The van der Waals surface area contributed by atoms with Crippen LogP contribution < -0.4 is 10.9 Å². The Morgan fingerprint density at radius 2 is 1.71 bits per heavy atom. The number of nitrogens with one attached hydrogen (secondary N) is 2. The minimum Gasteiger partial charge on any atom is -0.267 e. The molecule has 0 spiro atoms. The van der Waals surface area contributed by atoms with Gasteiger partial charge in [0.2, 0.25) is 0 Å². The Balaban J connectivity index is 2.04. The number of nitrogens with zero attached hydrogens (tertiary/aromatic N) is 2. The summed E-state index contributed by atoms with van der Waals surface area (Å²) in [5, 5.41) is 0.304. The van der Waals surface area contributed by atoms with Crippen molar-refractivity contribution in [3.63, 3.8) is 0 Å². The highest BCUT2D eigenvalue weighted by Gasteiger charge is 2.13. The van der Waals surface area contributed by atoms with Crippen molar-refractivity contribution in [1.82, 2.24) is 20.8 Å². The summed E-state index contributed by atoms with van der Waals surface area (Å²) in [4.78, 5) is 31.9. The van der Waals surface area contributed by atoms with E-state index in [4.69, 9.17) is 11.6 Å². The normalized spacial score (nSPS) is 10.0. The van der Waals surface area contributed by atoms with Gasteiger partial charge in [-0.1, -0.05) is 23.7 Å². The Hall–Kier alpha value is -2.47. The highest BCUT2D eigenvalue weighted by atomic mass is 35.5. The van der Waals surface area contributed by atoms with Crippen LogP contribution in [0.5, 0.6) is 0 Å². The van der Waals surface area contributed by atoms with E-state index in [1.54, 1.807) is 38.1 Å². The van der Waals surface area contributed by atoms with E-state index >= 15 is 0 Å². The summed E-state index contributed by atoms with van der Waals surface area (Å²) >= 11 is 5.90. The van der Waals surface area contributed by atoms with Crippen LogP contribution in [0.2, 0.25) is 5.02 Å². The van der Waals surface area contributed by atoms with Crippen LogP contribution in [0.1, 0.15) is 32.4 Å². The van der Waals surface area contributed by atoms with Crippen LogP contribution >= 0.6 is 11.6 Å². The molecule has 0 bridgehead atoms. The maximum absolute atomic E-state index is 11.9. The fraction of sp³-hybridized carbons (Fsp3) is 0.143. The van der Waals surface area contributed by atoms with Gasteiger partial charge in [-0.05, 0) is 32.0 Å². The van der Waals surface area contributed by atoms with Crippen molar-refractivity contribution in [1.29, 1.82) is 0 Å². The van der Waals surface area contributed by atoms with E-state index in [2.05, 4.69) is 20.8 Å². The number of aromatic nitrogens is 2. The van der Waals surface area contributed by atoms with Crippen molar-refractivity contribution in [3.8, 4) is 0 Å². The van der Waals surface area contributed by atoms with Crippen molar-refractivity contribution in [2.75, 3.05) is 0 Å². The van der Waals surface area contributed by atoms with Crippen LogP contribution in [-0.4, -0.2) is 21.8 Å². The number of hydrazine groups is 1. The molecule has 2 N–H and O–H groups in total. The van der Waals surface area contributed by atoms with Crippen molar-refractivity contribution < 1.29 is 9.59 Å². The topological polar surface area (TPSA) is 84.0 Å². The molecule has 2 rings (SSSR count). The molecule has 108 valence electrons. The summed E-state index contributed by atoms with van der Waals surface area (Å²) in [5.74, 6) is -0.543. The lowest BCUT2D eigenvalue weighted by Gasteiger charge is -2.08. The quantitative estimate of drug-likeness (QED) is 0.829. The Morgan fingerprint density at radius 3 is 2.38 bits per heavy atom. The fourth-order valence-electron chi connectivity index (χ4n) is 1.72. The molecule has 0 unspecified atom stereocenters. The van der Waals surface area contributed by atoms with Crippen LogP contribution in [0.3, 0.4) is 0 Å². The number of benzene rings is 1. The number of hydrogen-bond donors (Lipinski definition) is 2. The molecule has 21 heavy (non-hydrogen) atoms. The first-order chi connectivity index (χ1) is 9.97. The van der Waals surface area contributed by atoms with Crippen molar-refractivity contribution >= 4 is 23.4 Å². The molecular formula is C14H13ClN4O2. The third kappa shape index (κ3) is 3.76. The summed E-state index contributed by atoms with van der Waals surface area (Å²) in [6, 6.07) is 8.08. The second-order valence-corrected chi connectivity index (χ2v) is 4.74. The monoisotopic (exact) mass is 304 g/mol. The molecule has 7 heteroatoms. The second kappa shape index (κ2) is 6.32. The minimum atomic E-state index is -0.524. The average molecular weight is 305 g/mol. The molecule has 0 saturated heterocycles. The highest BCUT2D eigenvalue weighted by Crippen LogP contribution is 2.14. The molecule has 2 amide bonds. The summed E-state index contributed by atoms with van der Waals surface area (Å²) in [5.41, 5.74) is 5.71. The largest absolute Gasteiger partial charge is 0.288 e. The minimum absolute atomic E-state index is 0.180. The van der Waals surface area contributed by atoms with Gasteiger partial charge in [0.05, 0.1) is 10.6 Å². The number of aryl methyl sites for hydroxylation is 2. The average Bonchev–Trinajstić information content (AvgIpc) is 2.43. The molecule has 0 saturated carbocycles. The van der Waals surface area contributed by atoms with Crippen LogP contribution in [0.25, 0.3) is 0 Å². The second-order valence-electron chi connectivity index (χ2n) is 4.33. The number of halogens is 1. The third-order valence-corrected chi connectivity index (χ3v) is 2.94. The molecule has 6 nitrogen and oxygen atoms in total. The third-order valence-electron chi connectivity index (χ3n) is 2.61. The lowest BCUT2D eigenvalue weighted by Crippen LogP contribution is -2.42. The molecular weight excluding hydrogens is 292 g/mol. The predicted octanol–water partition coefficient (Wildman–Crippen LogP) is 1.82. The lowest BCUT2D eigenvalue weighted by atomic mass is 10.2. The number of carbonyl (C=O) groups excluding carboxylic acids is 2. The molecule has 0 radical (unpaired) electrons. The molecule has 0 fully saturated rings. The number of amides is 2. The number of carbonyl (C=O) groups is 2. The first-order valence-electron chi connectivity index (χ1n) is 6.15. The zero-order valence-electron chi connectivity index (χ0n) is 11.5. The number of rotatable bonds is 2. The van der Waals surface area contributed by atoms with E-state index < -0.39 is 11.8 Å². The Labute approximate surface area is 126 Å². The summed E-state index contributed by atoms with van der Waals surface area (Å²) < 4.78 is 0. The van der Waals surface area contributed by atoms with E-state index in [1.165, 1.54) is 6.07 Å². The van der Waals surface area contributed by atoms with Gasteiger partial charge in [-0.2, -0.15) is 0 Å². The maximum Gasteiger partial charge on any atom is 0.288 e. The summed E-state index contributed by atoms with van der Waals surface area (Å²) in [7, 11) is 0. The molecule has 1 heterocycles. The lowest BCUT2D eigenvalue weighted by molar-refractivity contribution is 0.0844. The smallest absolute Gasteiger partial charge is 0.267 e. The Morgan fingerprint density at radius 1 is 1.05 bits per heavy atom. The Kier molecular flexibility index (Phi) is 4.49. The molecule has 2 aromatic rings. The molecule has 0 aliphatic carbocycles. The molecule has 1 aromatic heterocycles. The maximum atomic E-state index is 11.9. The zero-order chi connectivity index (χ0) is 15.4. The summed E-state index contributed by atoms with van der Waals surface area (Å²) in [6.07, 6.45) is 0. The standard InChI is InChI=1S/C14H13ClN4O2/c1-8-7-12(17-9(2)16-8)14(21)19-18-13(20)10-5-3-4-6-11(10)15/h3-7H,1-2H3,(H,18,20)(H,19,21). The number of hydrogen-bond acceptors (Lipinski definition) is 4.